The first-order chi connectivity index (χ1) is 23.2. The molecule has 0 radical (unpaired) electrons. The van der Waals surface area contributed by atoms with Crippen LogP contribution in [0.5, 0.6) is 0 Å². The number of carbonyl (C=O) groups is 1. The van der Waals surface area contributed by atoms with Gasteiger partial charge in [0.25, 0.3) is 0 Å². The van der Waals surface area contributed by atoms with E-state index in [1.807, 2.05) is 0 Å². The van der Waals surface area contributed by atoms with E-state index in [0.717, 1.165) is 25.7 Å². The quantitative estimate of drug-likeness (QED) is 0.0570. The summed E-state index contributed by atoms with van der Waals surface area (Å²) < 4.78 is 0. The van der Waals surface area contributed by atoms with Crippen LogP contribution < -0.4 is 5.32 Å². The molecular weight excluding hydrogens is 578 g/mol. The van der Waals surface area contributed by atoms with E-state index >= 15 is 0 Å². The van der Waals surface area contributed by atoms with Gasteiger partial charge in [0.15, 0.2) is 0 Å². The molecule has 282 valence electrons. The minimum absolute atomic E-state index is 0.0266. The second-order valence-corrected chi connectivity index (χ2v) is 15.1. The fourth-order valence-corrected chi connectivity index (χ4v) is 7.01. The maximum Gasteiger partial charge on any atom is 0.220 e. The van der Waals surface area contributed by atoms with Crippen molar-refractivity contribution in [2.75, 3.05) is 6.61 Å². The van der Waals surface area contributed by atoms with E-state index in [4.69, 9.17) is 0 Å². The Hall–Kier alpha value is -0.610. The van der Waals surface area contributed by atoms with Gasteiger partial charge in [-0.15, -0.1) is 0 Å². The zero-order valence-corrected chi connectivity index (χ0v) is 32.3. The zero-order chi connectivity index (χ0) is 34.3. The van der Waals surface area contributed by atoms with Crippen LogP contribution in [-0.4, -0.2) is 34.9 Å². The molecule has 0 aromatic carbocycles. The first-order valence-corrected chi connectivity index (χ1v) is 21.7. The molecule has 3 N–H and O–H groups in total. The van der Waals surface area contributed by atoms with Crippen LogP contribution in [0.25, 0.3) is 0 Å². The lowest BCUT2D eigenvalue weighted by atomic mass is 10.0. The summed E-state index contributed by atoms with van der Waals surface area (Å²) in [5.41, 5.74) is 0. The second kappa shape index (κ2) is 39.8. The fourth-order valence-electron chi connectivity index (χ4n) is 7.01. The Labute approximate surface area is 295 Å². The first kappa shape index (κ1) is 46.4. The molecule has 4 nitrogen and oxygen atoms in total. The summed E-state index contributed by atoms with van der Waals surface area (Å²) in [5.74, 6) is -0.0266. The van der Waals surface area contributed by atoms with Crippen LogP contribution in [0, 0.1) is 0 Å². The molecule has 4 heteroatoms. The third kappa shape index (κ3) is 36.5. The van der Waals surface area contributed by atoms with Gasteiger partial charge in [-0.1, -0.05) is 232 Å². The van der Waals surface area contributed by atoms with Crippen molar-refractivity contribution in [3.8, 4) is 0 Å². The molecule has 0 heterocycles. The van der Waals surface area contributed by atoms with Crippen LogP contribution in [-0.2, 0) is 4.79 Å². The Morgan fingerprint density at radius 2 is 0.681 bits per heavy atom. The molecule has 0 aliphatic carbocycles. The SMILES string of the molecule is CCCCCCCCCCCCCCCCCCCCCCC(O)C(CO)NC(=O)CCCCCCCCCCCCCCCCC. The average Bonchev–Trinajstić information content (AvgIpc) is 3.07. The molecule has 0 saturated heterocycles. The topological polar surface area (TPSA) is 69.6 Å². The number of amides is 1. The first-order valence-electron chi connectivity index (χ1n) is 21.7. The number of unbranched alkanes of at least 4 members (excludes halogenated alkanes) is 33. The Kier molecular flexibility index (Phi) is 39.3. The highest BCUT2D eigenvalue weighted by molar-refractivity contribution is 5.76. The van der Waals surface area contributed by atoms with E-state index in [1.165, 1.54) is 199 Å². The van der Waals surface area contributed by atoms with Gasteiger partial charge in [-0.25, -0.2) is 0 Å². The molecule has 0 spiro atoms. The summed E-state index contributed by atoms with van der Waals surface area (Å²) in [6.45, 7) is 4.38. The van der Waals surface area contributed by atoms with Crippen molar-refractivity contribution in [3.63, 3.8) is 0 Å². The minimum atomic E-state index is -0.652. The van der Waals surface area contributed by atoms with Crippen LogP contribution in [0.3, 0.4) is 0 Å². The summed E-state index contributed by atoms with van der Waals surface area (Å²) in [6.07, 6.45) is 47.5. The number of aliphatic hydroxyl groups is 2. The maximum atomic E-state index is 12.4. The summed E-state index contributed by atoms with van der Waals surface area (Å²) >= 11 is 0. The van der Waals surface area contributed by atoms with Crippen molar-refractivity contribution in [2.24, 2.45) is 0 Å². The predicted molar refractivity (Wildman–Crippen MR) is 207 cm³/mol. The lowest BCUT2D eigenvalue weighted by Crippen LogP contribution is -2.45. The van der Waals surface area contributed by atoms with Gasteiger partial charge in [0.1, 0.15) is 0 Å². The summed E-state index contributed by atoms with van der Waals surface area (Å²) in [5, 5.41) is 23.2. The molecule has 0 saturated carbocycles. The van der Waals surface area contributed by atoms with E-state index in [-0.39, 0.29) is 12.5 Å². The van der Waals surface area contributed by atoms with Crippen molar-refractivity contribution >= 4 is 5.91 Å². The van der Waals surface area contributed by atoms with E-state index in [9.17, 15) is 15.0 Å². The molecule has 0 aromatic rings. The van der Waals surface area contributed by atoms with Crippen LogP contribution in [0.4, 0.5) is 0 Å². The minimum Gasteiger partial charge on any atom is -0.394 e. The van der Waals surface area contributed by atoms with E-state index < -0.39 is 12.1 Å². The van der Waals surface area contributed by atoms with Crippen molar-refractivity contribution in [3.05, 3.63) is 0 Å². The molecule has 0 bridgehead atoms. The monoisotopic (exact) mass is 666 g/mol. The van der Waals surface area contributed by atoms with Crippen LogP contribution >= 0.6 is 0 Å². The molecule has 0 aliphatic heterocycles. The van der Waals surface area contributed by atoms with Crippen molar-refractivity contribution in [1.82, 2.24) is 5.32 Å². The Morgan fingerprint density at radius 3 is 0.957 bits per heavy atom. The maximum absolute atomic E-state index is 12.4. The smallest absolute Gasteiger partial charge is 0.220 e. The Bertz CT molecular complexity index is 598. The number of nitrogens with one attached hydrogen (secondary N) is 1. The largest absolute Gasteiger partial charge is 0.394 e. The number of rotatable bonds is 40. The molecule has 2 unspecified atom stereocenters. The van der Waals surface area contributed by atoms with E-state index in [1.54, 1.807) is 0 Å². The molecule has 2 atom stereocenters. The van der Waals surface area contributed by atoms with Gasteiger partial charge >= 0.3 is 0 Å². The molecule has 1 amide bonds. The van der Waals surface area contributed by atoms with Crippen molar-refractivity contribution < 1.29 is 15.0 Å². The fraction of sp³-hybridized carbons (Fsp3) is 0.977. The second-order valence-electron chi connectivity index (χ2n) is 15.1. The Morgan fingerprint density at radius 1 is 0.426 bits per heavy atom. The Balaban J connectivity index is 3.46. The lowest BCUT2D eigenvalue weighted by molar-refractivity contribution is -0.123. The average molecular weight is 666 g/mol. The van der Waals surface area contributed by atoms with Crippen LogP contribution in [0.2, 0.25) is 0 Å². The molecule has 0 aliphatic rings. The number of hydrogen-bond acceptors (Lipinski definition) is 3. The highest BCUT2D eigenvalue weighted by Gasteiger charge is 2.20. The molecule has 0 fully saturated rings. The highest BCUT2D eigenvalue weighted by atomic mass is 16.3. The normalized spacial score (nSPS) is 12.9. The third-order valence-electron chi connectivity index (χ3n) is 10.4. The zero-order valence-electron chi connectivity index (χ0n) is 32.3. The number of carbonyl (C=O) groups excluding carboxylic acids is 1. The van der Waals surface area contributed by atoms with Crippen LogP contribution in [0.1, 0.15) is 251 Å². The van der Waals surface area contributed by atoms with Crippen molar-refractivity contribution in [2.45, 2.75) is 264 Å². The summed E-state index contributed by atoms with van der Waals surface area (Å²) in [6, 6.07) is -0.529. The van der Waals surface area contributed by atoms with Gasteiger partial charge in [-0.3, -0.25) is 4.79 Å². The number of hydrogen-bond donors (Lipinski definition) is 3. The number of aliphatic hydroxyl groups excluding tert-OH is 2. The van der Waals surface area contributed by atoms with Gasteiger partial charge < -0.3 is 15.5 Å². The van der Waals surface area contributed by atoms with Crippen molar-refractivity contribution in [1.29, 1.82) is 0 Å². The summed E-state index contributed by atoms with van der Waals surface area (Å²) in [4.78, 5) is 12.4. The van der Waals surface area contributed by atoms with E-state index in [0.29, 0.717) is 12.8 Å². The lowest BCUT2D eigenvalue weighted by Gasteiger charge is -2.22. The standard InChI is InChI=1S/C43H87NO3/c1-3-5-7-9-11-13-15-17-19-20-21-22-23-25-26-28-30-32-34-36-38-42(46)41(40-45)44-43(47)39-37-35-33-31-29-27-24-18-16-14-12-10-8-6-4-2/h41-42,45-46H,3-40H2,1-2H3,(H,44,47). The summed E-state index contributed by atoms with van der Waals surface area (Å²) in [7, 11) is 0. The molecular formula is C43H87NO3. The molecule has 0 rings (SSSR count). The van der Waals surface area contributed by atoms with Crippen LogP contribution in [0.15, 0.2) is 0 Å². The van der Waals surface area contributed by atoms with E-state index in [2.05, 4.69) is 19.2 Å². The van der Waals surface area contributed by atoms with Gasteiger partial charge in [0.2, 0.25) is 5.91 Å². The third-order valence-corrected chi connectivity index (χ3v) is 10.4. The molecule has 47 heavy (non-hydrogen) atoms. The molecule has 0 aromatic heterocycles. The van der Waals surface area contributed by atoms with Gasteiger partial charge in [0, 0.05) is 6.42 Å². The van der Waals surface area contributed by atoms with Gasteiger partial charge in [-0.2, -0.15) is 0 Å². The van der Waals surface area contributed by atoms with Gasteiger partial charge in [-0.05, 0) is 12.8 Å². The predicted octanol–water partition coefficient (Wildman–Crippen LogP) is 13.3. The van der Waals surface area contributed by atoms with Gasteiger partial charge in [0.05, 0.1) is 18.8 Å². The highest BCUT2D eigenvalue weighted by Crippen LogP contribution is 2.17.